The van der Waals surface area contributed by atoms with Gasteiger partial charge in [-0.05, 0) is 34.4 Å². The molecule has 0 rings (SSSR count). The molecule has 0 fully saturated rings. The van der Waals surface area contributed by atoms with Crippen LogP contribution in [0.4, 0.5) is 0 Å². The first-order chi connectivity index (χ1) is 5.04. The monoisotopic (exact) mass is 400 g/mol. The normalized spacial score (nSPS) is 8.58. The van der Waals surface area contributed by atoms with Gasteiger partial charge < -0.3 is 5.11 Å². The molecule has 0 atom stereocenters. The molecule has 0 amide bonds. The van der Waals surface area contributed by atoms with Gasteiger partial charge in [0.15, 0.2) is 0 Å². The maximum Gasteiger partial charge on any atom is 0.0933 e. The van der Waals surface area contributed by atoms with Gasteiger partial charge in [-0.2, -0.15) is 0 Å². The number of nitrogens with zero attached hydrogens (tertiary/aromatic N) is 1. The molecule has 0 aliphatic rings. The van der Waals surface area contributed by atoms with Crippen LogP contribution in [0.3, 0.4) is 0 Å². The third-order valence-corrected chi connectivity index (χ3v) is 0.865. The summed E-state index contributed by atoms with van der Waals surface area (Å²) in [6, 6.07) is 0.796. The average Bonchev–Trinajstić information content (AvgIpc) is 1.89. The molecular weight excluding hydrogens is 378 g/mol. The molecule has 4 heteroatoms. The van der Waals surface area contributed by atoms with Gasteiger partial charge >= 0.3 is 0 Å². The van der Waals surface area contributed by atoms with Gasteiger partial charge in [0.1, 0.15) is 0 Å². The maximum absolute atomic E-state index is 8.13. The van der Waals surface area contributed by atoms with Gasteiger partial charge in [-0.1, -0.05) is 0 Å². The van der Waals surface area contributed by atoms with Crippen molar-refractivity contribution in [1.82, 2.24) is 5.32 Å². The van der Waals surface area contributed by atoms with E-state index in [-0.39, 0.29) is 39.3 Å². The van der Waals surface area contributed by atoms with E-state index in [9.17, 15) is 0 Å². The molecule has 0 aromatic heterocycles. The van der Waals surface area contributed by atoms with Crippen LogP contribution in [0.15, 0.2) is 4.99 Å². The first-order valence-corrected chi connectivity index (χ1v) is 3.84. The number of hydrogen-bond acceptors (Lipinski definition) is 3. The largest absolute Gasteiger partial charge is 0.381 e. The summed E-state index contributed by atoms with van der Waals surface area (Å²) < 4.78 is 0. The second kappa shape index (κ2) is 14.2. The zero-order valence-electron chi connectivity index (χ0n) is 8.46. The van der Waals surface area contributed by atoms with Gasteiger partial charge in [0.05, 0.1) is 6.73 Å². The van der Waals surface area contributed by atoms with E-state index in [2.05, 4.69) is 17.0 Å². The summed E-state index contributed by atoms with van der Waals surface area (Å²) in [5, 5.41) is 10.9. The number of aliphatic hydroxyl groups is 1. The molecule has 0 aliphatic carbocycles. The number of nitrogens with one attached hydrogen (secondary N) is 1. The van der Waals surface area contributed by atoms with E-state index in [0.29, 0.717) is 12.1 Å². The second-order valence-corrected chi connectivity index (χ2v) is 2.79. The number of aliphatic imine (C=N–C) groups is 1. The van der Waals surface area contributed by atoms with Crippen molar-refractivity contribution in [3.63, 3.8) is 0 Å². The Morgan fingerprint density at radius 1 is 1.42 bits per heavy atom. The fourth-order valence-corrected chi connectivity index (χ4v) is 0.183. The number of hydrogen-bond donors (Lipinski definition) is 2. The van der Waals surface area contributed by atoms with Crippen LogP contribution in [0.25, 0.3) is 0 Å². The average molecular weight is 400 g/mol. The van der Waals surface area contributed by atoms with Gasteiger partial charge in [-0.25, -0.2) is 0 Å². The summed E-state index contributed by atoms with van der Waals surface area (Å²) in [6.45, 7) is 11.3. The molecule has 0 aliphatic heterocycles. The molecule has 74 valence electrons. The Kier molecular flexibility index (Phi) is 21.8. The summed E-state index contributed by atoms with van der Waals surface area (Å²) in [4.78, 5) is 3.64. The zero-order chi connectivity index (χ0) is 9.28. The quantitative estimate of drug-likeness (QED) is 0.554. The molecule has 0 saturated heterocycles. The van der Waals surface area contributed by atoms with Crippen molar-refractivity contribution in [2.24, 2.45) is 4.99 Å². The van der Waals surface area contributed by atoms with Crippen LogP contribution in [0.1, 0.15) is 29.1 Å². The van der Waals surface area contributed by atoms with Crippen LogP contribution in [-0.2, 0) is 0 Å². The van der Waals surface area contributed by atoms with Crippen LogP contribution in [0.5, 0.6) is 0 Å². The minimum Gasteiger partial charge on any atom is -0.381 e. The molecule has 12 heavy (non-hydrogen) atoms. The molecule has 0 saturated carbocycles. The van der Waals surface area contributed by atoms with Crippen LogP contribution in [-0.4, -0.2) is 30.6 Å². The molecule has 2 N–H and O–H groups in total. The van der Waals surface area contributed by atoms with E-state index < -0.39 is 0 Å². The molecule has 0 aromatic rings. The third-order valence-electron chi connectivity index (χ3n) is 0.865. The van der Waals surface area contributed by atoms with Crippen molar-refractivity contribution in [1.29, 1.82) is 0 Å². The van der Waals surface area contributed by atoms with Crippen molar-refractivity contribution in [2.45, 2.75) is 39.8 Å². The molecule has 0 aromatic carbocycles. The fourth-order valence-electron chi connectivity index (χ4n) is 0.183. The van der Waals surface area contributed by atoms with Crippen molar-refractivity contribution >= 4 is 6.72 Å². The summed E-state index contributed by atoms with van der Waals surface area (Å²) in [5.41, 5.74) is 0. The first kappa shape index (κ1) is 18.4. The maximum atomic E-state index is 8.13. The molecule has 0 spiro atoms. The smallest absolute Gasteiger partial charge is 0.0933 e. The van der Waals surface area contributed by atoms with Crippen molar-refractivity contribution in [2.75, 3.05) is 6.73 Å². The van der Waals surface area contributed by atoms with Crippen LogP contribution in [0, 0.1) is 31.1 Å². The van der Waals surface area contributed by atoms with E-state index in [4.69, 9.17) is 5.11 Å². The summed E-state index contributed by atoms with van der Waals surface area (Å²) >= 11 is 0. The van der Waals surface area contributed by atoms with Crippen molar-refractivity contribution in [3.8, 4) is 0 Å². The van der Waals surface area contributed by atoms with Gasteiger partial charge in [0.25, 0.3) is 0 Å². The van der Waals surface area contributed by atoms with Crippen molar-refractivity contribution in [3.05, 3.63) is 0 Å². The predicted octanol–water partition coefficient (Wildman–Crippen LogP) is 1.28. The zero-order valence-corrected chi connectivity index (χ0v) is 12.6. The van der Waals surface area contributed by atoms with Crippen molar-refractivity contribution < 1.29 is 37.6 Å². The molecule has 0 heterocycles. The Bertz CT molecular complexity index is 92.2. The Morgan fingerprint density at radius 3 is 1.75 bits per heavy atom. The molecule has 0 unspecified atom stereocenters. The molecular formula is C8H22N2OU. The minimum absolute atomic E-state index is 0. The standard InChI is InChI=1S/C4H11NO.C4H9N.U.H2/c1-4(2)5-3-6;1-4(2)5-3;;/h4-6H,3H2,1-2H3;4H,3H2,1-2H3;;1H. The van der Waals surface area contributed by atoms with Crippen LogP contribution in [0.2, 0.25) is 0 Å². The SMILES string of the molecule is C=NC(C)C.CC(C)NCO.[HH].[U]. The summed E-state index contributed by atoms with van der Waals surface area (Å²) in [7, 11) is 0. The van der Waals surface area contributed by atoms with Crippen LogP contribution >= 0.6 is 0 Å². The van der Waals surface area contributed by atoms with Gasteiger partial charge in [-0.3, -0.25) is 10.3 Å². The minimum atomic E-state index is 0. The Balaban J connectivity index is -0.0000000546. The molecule has 0 bridgehead atoms. The van der Waals surface area contributed by atoms with E-state index in [1.54, 1.807) is 0 Å². The Morgan fingerprint density at radius 2 is 1.75 bits per heavy atom. The fraction of sp³-hybridized carbons (Fsp3) is 0.875. The summed E-state index contributed by atoms with van der Waals surface area (Å²) in [6.07, 6.45) is 0. The molecule has 0 radical (unpaired) electrons. The van der Waals surface area contributed by atoms with Gasteiger partial charge in [0.2, 0.25) is 0 Å². The van der Waals surface area contributed by atoms with E-state index in [1.165, 1.54) is 0 Å². The first-order valence-electron chi connectivity index (χ1n) is 3.84. The predicted molar refractivity (Wildman–Crippen MR) is 52.2 cm³/mol. The molecule has 3 nitrogen and oxygen atoms in total. The number of rotatable bonds is 3. The van der Waals surface area contributed by atoms with E-state index >= 15 is 0 Å². The Hall–Kier alpha value is 0.642. The van der Waals surface area contributed by atoms with E-state index in [1.807, 2.05) is 27.7 Å². The van der Waals surface area contributed by atoms with E-state index in [0.717, 1.165) is 0 Å². The summed E-state index contributed by atoms with van der Waals surface area (Å²) in [5.74, 6) is 0. The van der Waals surface area contributed by atoms with Gasteiger partial charge in [0, 0.05) is 44.6 Å². The van der Waals surface area contributed by atoms with Gasteiger partial charge in [-0.15, -0.1) is 0 Å². The van der Waals surface area contributed by atoms with Crippen LogP contribution < -0.4 is 5.32 Å². The topological polar surface area (TPSA) is 44.6 Å². The number of aliphatic hydroxyl groups excluding tert-OH is 1. The second-order valence-electron chi connectivity index (χ2n) is 2.79. The Labute approximate surface area is 101 Å². The third kappa shape index (κ3) is 31.1.